The Balaban J connectivity index is 1.40. The van der Waals surface area contributed by atoms with Crippen LogP contribution < -0.4 is 5.32 Å². The van der Waals surface area contributed by atoms with Gasteiger partial charge in [0.25, 0.3) is 5.91 Å². The number of carbonyl (C=O) groups is 1. The molecule has 1 aliphatic rings. The van der Waals surface area contributed by atoms with Gasteiger partial charge in [-0.1, -0.05) is 6.07 Å². The van der Waals surface area contributed by atoms with Crippen molar-refractivity contribution in [3.05, 3.63) is 47.9 Å². The molecule has 3 aromatic heterocycles. The van der Waals surface area contributed by atoms with Crippen LogP contribution in [-0.2, 0) is 19.4 Å². The average molecular weight is 310 g/mol. The highest BCUT2D eigenvalue weighted by molar-refractivity contribution is 5.93. The molecule has 23 heavy (non-hydrogen) atoms. The van der Waals surface area contributed by atoms with Gasteiger partial charge in [-0.05, 0) is 25.0 Å². The zero-order valence-electron chi connectivity index (χ0n) is 12.8. The van der Waals surface area contributed by atoms with Gasteiger partial charge in [-0.3, -0.25) is 9.20 Å². The van der Waals surface area contributed by atoms with E-state index in [9.17, 15) is 4.79 Å². The molecule has 1 aliphatic heterocycles. The van der Waals surface area contributed by atoms with E-state index in [1.807, 2.05) is 12.1 Å². The first-order chi connectivity index (χ1) is 11.3. The van der Waals surface area contributed by atoms with Crippen molar-refractivity contribution in [2.45, 2.75) is 32.2 Å². The van der Waals surface area contributed by atoms with Gasteiger partial charge in [0, 0.05) is 32.1 Å². The minimum Gasteiger partial charge on any atom is -0.350 e. The number of nitrogens with zero attached hydrogens (tertiary/aromatic N) is 5. The summed E-state index contributed by atoms with van der Waals surface area (Å²) in [6, 6.07) is 5.39. The minimum atomic E-state index is -0.126. The highest BCUT2D eigenvalue weighted by Gasteiger charge is 2.13. The van der Waals surface area contributed by atoms with E-state index in [2.05, 4.69) is 31.3 Å². The van der Waals surface area contributed by atoms with E-state index < -0.39 is 0 Å². The van der Waals surface area contributed by atoms with E-state index in [0.29, 0.717) is 17.9 Å². The molecule has 1 amide bonds. The topological polar surface area (TPSA) is 77.1 Å². The Hall–Kier alpha value is -2.70. The SMILES string of the molecule is O=C(NCCc1cn2c(n1)CCCC2)c1cccc2nncn12. The summed E-state index contributed by atoms with van der Waals surface area (Å²) in [5.41, 5.74) is 2.25. The number of aromatic nitrogens is 5. The molecule has 0 bridgehead atoms. The number of aryl methyl sites for hydroxylation is 2. The van der Waals surface area contributed by atoms with E-state index in [1.54, 1.807) is 16.8 Å². The molecule has 0 aliphatic carbocycles. The number of fused-ring (bicyclic) bond motifs is 2. The van der Waals surface area contributed by atoms with Crippen LogP contribution in [0.4, 0.5) is 0 Å². The van der Waals surface area contributed by atoms with Gasteiger partial charge in [-0.2, -0.15) is 0 Å². The zero-order valence-corrected chi connectivity index (χ0v) is 12.8. The molecule has 4 rings (SSSR count). The summed E-state index contributed by atoms with van der Waals surface area (Å²) in [6.45, 7) is 1.62. The fourth-order valence-corrected chi connectivity index (χ4v) is 3.02. The molecular formula is C16H18N6O. The lowest BCUT2D eigenvalue weighted by Crippen LogP contribution is -2.27. The maximum absolute atomic E-state index is 12.3. The second kappa shape index (κ2) is 5.83. The van der Waals surface area contributed by atoms with Crippen molar-refractivity contribution in [3.8, 4) is 0 Å². The Morgan fingerprint density at radius 1 is 1.30 bits per heavy atom. The minimum absolute atomic E-state index is 0.126. The summed E-state index contributed by atoms with van der Waals surface area (Å²) in [5.74, 6) is 1.05. The van der Waals surface area contributed by atoms with Crippen LogP contribution in [0.15, 0.2) is 30.7 Å². The van der Waals surface area contributed by atoms with Crippen LogP contribution >= 0.6 is 0 Å². The van der Waals surface area contributed by atoms with Crippen molar-refractivity contribution in [3.63, 3.8) is 0 Å². The molecule has 7 heteroatoms. The predicted molar refractivity (Wildman–Crippen MR) is 84.2 cm³/mol. The summed E-state index contributed by atoms with van der Waals surface area (Å²) in [5, 5.41) is 10.7. The molecule has 0 radical (unpaired) electrons. The molecule has 3 aromatic rings. The highest BCUT2D eigenvalue weighted by Crippen LogP contribution is 2.14. The number of nitrogens with one attached hydrogen (secondary N) is 1. The van der Waals surface area contributed by atoms with Crippen molar-refractivity contribution in [1.29, 1.82) is 0 Å². The first kappa shape index (κ1) is 13.9. The largest absolute Gasteiger partial charge is 0.350 e. The van der Waals surface area contributed by atoms with Gasteiger partial charge < -0.3 is 9.88 Å². The number of hydrogen-bond donors (Lipinski definition) is 1. The van der Waals surface area contributed by atoms with Crippen molar-refractivity contribution in [2.24, 2.45) is 0 Å². The third kappa shape index (κ3) is 2.69. The fraction of sp³-hybridized carbons (Fsp3) is 0.375. The van der Waals surface area contributed by atoms with Crippen LogP contribution in [0.2, 0.25) is 0 Å². The van der Waals surface area contributed by atoms with Gasteiger partial charge in [0.05, 0.1) is 5.69 Å². The summed E-state index contributed by atoms with van der Waals surface area (Å²) >= 11 is 0. The number of amides is 1. The second-order valence-corrected chi connectivity index (χ2v) is 5.78. The molecule has 0 aromatic carbocycles. The molecule has 0 fully saturated rings. The summed E-state index contributed by atoms with van der Waals surface area (Å²) in [7, 11) is 0. The number of imidazole rings is 1. The molecule has 0 atom stereocenters. The number of carbonyl (C=O) groups excluding carboxylic acids is 1. The van der Waals surface area contributed by atoms with E-state index in [4.69, 9.17) is 0 Å². The quantitative estimate of drug-likeness (QED) is 0.786. The first-order valence-corrected chi connectivity index (χ1v) is 7.93. The summed E-state index contributed by atoms with van der Waals surface area (Å²) in [6.07, 6.45) is 7.90. The second-order valence-electron chi connectivity index (χ2n) is 5.78. The van der Waals surface area contributed by atoms with Gasteiger partial charge in [0.15, 0.2) is 5.65 Å². The third-order valence-electron chi connectivity index (χ3n) is 4.19. The standard InChI is InChI=1S/C16H18N6O/c23-16(13-4-3-6-15-20-18-11-22(13)15)17-8-7-12-10-21-9-2-1-5-14(21)19-12/h3-4,6,10-11H,1-2,5,7-9H2,(H,17,23). The van der Waals surface area contributed by atoms with Gasteiger partial charge >= 0.3 is 0 Å². The first-order valence-electron chi connectivity index (χ1n) is 7.93. The molecule has 0 saturated heterocycles. The smallest absolute Gasteiger partial charge is 0.268 e. The highest BCUT2D eigenvalue weighted by atomic mass is 16.1. The zero-order chi connectivity index (χ0) is 15.6. The van der Waals surface area contributed by atoms with Gasteiger partial charge in [0.1, 0.15) is 17.8 Å². The Bertz CT molecular complexity index is 826. The Morgan fingerprint density at radius 2 is 2.26 bits per heavy atom. The van der Waals surface area contributed by atoms with Crippen molar-refractivity contribution < 1.29 is 4.79 Å². The van der Waals surface area contributed by atoms with Crippen LogP contribution in [0.1, 0.15) is 34.8 Å². The summed E-state index contributed by atoms with van der Waals surface area (Å²) < 4.78 is 3.92. The van der Waals surface area contributed by atoms with E-state index in [-0.39, 0.29) is 5.91 Å². The van der Waals surface area contributed by atoms with Gasteiger partial charge in [-0.15, -0.1) is 10.2 Å². The van der Waals surface area contributed by atoms with Crippen LogP contribution in [0.5, 0.6) is 0 Å². The predicted octanol–water partition coefficient (Wildman–Crippen LogP) is 1.23. The van der Waals surface area contributed by atoms with Crippen molar-refractivity contribution in [1.82, 2.24) is 29.5 Å². The normalized spacial score (nSPS) is 13.9. The number of pyridine rings is 1. The summed E-state index contributed by atoms with van der Waals surface area (Å²) in [4.78, 5) is 17.0. The van der Waals surface area contributed by atoms with Crippen molar-refractivity contribution in [2.75, 3.05) is 6.54 Å². The van der Waals surface area contributed by atoms with Crippen LogP contribution in [0.3, 0.4) is 0 Å². The lowest BCUT2D eigenvalue weighted by atomic mass is 10.2. The number of rotatable bonds is 4. The molecule has 0 unspecified atom stereocenters. The van der Waals surface area contributed by atoms with E-state index in [0.717, 1.165) is 25.1 Å². The van der Waals surface area contributed by atoms with Gasteiger partial charge in [-0.25, -0.2) is 4.98 Å². The molecule has 0 saturated carbocycles. The Kier molecular flexibility index (Phi) is 3.53. The van der Waals surface area contributed by atoms with Crippen LogP contribution in [-0.4, -0.2) is 36.6 Å². The lowest BCUT2D eigenvalue weighted by Gasteiger charge is -2.11. The van der Waals surface area contributed by atoms with Crippen molar-refractivity contribution >= 4 is 11.6 Å². The molecule has 0 spiro atoms. The van der Waals surface area contributed by atoms with Crippen LogP contribution in [0.25, 0.3) is 5.65 Å². The van der Waals surface area contributed by atoms with E-state index >= 15 is 0 Å². The van der Waals surface area contributed by atoms with E-state index in [1.165, 1.54) is 18.7 Å². The maximum Gasteiger partial charge on any atom is 0.268 e. The molecule has 118 valence electrons. The molecule has 7 nitrogen and oxygen atoms in total. The molecule has 1 N–H and O–H groups in total. The van der Waals surface area contributed by atoms with Gasteiger partial charge in [0.2, 0.25) is 0 Å². The fourth-order valence-electron chi connectivity index (χ4n) is 3.02. The average Bonchev–Trinajstić information content (AvgIpc) is 3.20. The number of hydrogen-bond acceptors (Lipinski definition) is 4. The monoisotopic (exact) mass is 310 g/mol. The molecule has 4 heterocycles. The third-order valence-corrected chi connectivity index (χ3v) is 4.19. The maximum atomic E-state index is 12.3. The Morgan fingerprint density at radius 3 is 3.17 bits per heavy atom. The van der Waals surface area contributed by atoms with Crippen LogP contribution in [0, 0.1) is 0 Å². The lowest BCUT2D eigenvalue weighted by molar-refractivity contribution is 0.0948. The molecular weight excluding hydrogens is 292 g/mol. The Labute approximate surface area is 133 Å².